The van der Waals surface area contributed by atoms with Crippen LogP contribution in [0.25, 0.3) is 0 Å². The van der Waals surface area contributed by atoms with Crippen LogP contribution in [-0.2, 0) is 9.59 Å². The third-order valence-electron chi connectivity index (χ3n) is 13.1. The van der Waals surface area contributed by atoms with Crippen LogP contribution in [0.3, 0.4) is 0 Å². The van der Waals surface area contributed by atoms with Crippen molar-refractivity contribution >= 4 is 12.3 Å². The lowest BCUT2D eigenvalue weighted by Gasteiger charge is -2.71. The first-order valence-electron chi connectivity index (χ1n) is 13.8. The summed E-state index contributed by atoms with van der Waals surface area (Å²) in [5, 5.41) is 20.9. The second-order valence-corrected chi connectivity index (χ2v) is 14.6. The monoisotopic (exact) mass is 470 g/mol. The number of aliphatic carboxylic acids is 1. The van der Waals surface area contributed by atoms with Crippen molar-refractivity contribution in [3.05, 3.63) is 11.6 Å². The standard InChI is InChI=1S/C30H46O4/c1-25(2)21-9-11-29(6)22(30(21,18-31)12-10-23(25)32)8-7-19-20-17-27(4,24(33)34)14-13-26(20,3)15-16-28(19,29)5/h17-19,21-23,32H,7-16H2,1-6H3,(H,33,34)/t19-,21+,22+,23+,26-,27+,28-,29-,30-/m1/s1. The number of fused-ring (bicyclic) bond motifs is 7. The zero-order chi connectivity index (χ0) is 24.9. The fraction of sp³-hybridized carbons (Fsp3) is 0.867. The van der Waals surface area contributed by atoms with Crippen LogP contribution in [0.2, 0.25) is 0 Å². The summed E-state index contributed by atoms with van der Waals surface area (Å²) in [6, 6.07) is 0. The van der Waals surface area contributed by atoms with Crippen LogP contribution < -0.4 is 0 Å². The Bertz CT molecular complexity index is 936. The van der Waals surface area contributed by atoms with Gasteiger partial charge in [-0.2, -0.15) is 0 Å². The summed E-state index contributed by atoms with van der Waals surface area (Å²) in [6.45, 7) is 13.6. The third-order valence-corrected chi connectivity index (χ3v) is 13.1. The molecule has 0 unspecified atom stereocenters. The molecule has 0 aromatic carbocycles. The molecule has 0 aromatic heterocycles. The average Bonchev–Trinajstić information content (AvgIpc) is 2.77. The molecule has 0 spiro atoms. The van der Waals surface area contributed by atoms with Gasteiger partial charge in [0.05, 0.1) is 11.5 Å². The number of hydrogen-bond acceptors (Lipinski definition) is 3. The maximum atomic E-state index is 13.1. The Hall–Kier alpha value is -1.16. The van der Waals surface area contributed by atoms with E-state index in [4.69, 9.17) is 0 Å². The van der Waals surface area contributed by atoms with Gasteiger partial charge in [-0.3, -0.25) is 4.79 Å². The van der Waals surface area contributed by atoms with E-state index in [1.54, 1.807) is 0 Å². The number of hydrogen-bond donors (Lipinski definition) is 2. The van der Waals surface area contributed by atoms with E-state index in [-0.39, 0.29) is 39.1 Å². The van der Waals surface area contributed by atoms with Crippen LogP contribution in [0, 0.1) is 50.2 Å². The number of carbonyl (C=O) groups is 2. The molecule has 4 saturated carbocycles. The van der Waals surface area contributed by atoms with Gasteiger partial charge in [-0.15, -0.1) is 0 Å². The summed E-state index contributed by atoms with van der Waals surface area (Å²) in [6.07, 6.45) is 12.8. The second-order valence-electron chi connectivity index (χ2n) is 14.6. The lowest BCUT2D eigenvalue weighted by atomic mass is 9.32. The van der Waals surface area contributed by atoms with Crippen molar-refractivity contribution < 1.29 is 19.8 Å². The van der Waals surface area contributed by atoms with E-state index in [1.165, 1.54) is 11.9 Å². The quantitative estimate of drug-likeness (QED) is 0.361. The first-order valence-corrected chi connectivity index (χ1v) is 13.8. The zero-order valence-electron chi connectivity index (χ0n) is 22.2. The van der Waals surface area contributed by atoms with Crippen LogP contribution >= 0.6 is 0 Å². The predicted molar refractivity (Wildman–Crippen MR) is 133 cm³/mol. The highest BCUT2D eigenvalue weighted by Gasteiger charge is 2.70. The van der Waals surface area contributed by atoms with Crippen molar-refractivity contribution in [2.75, 3.05) is 0 Å². The largest absolute Gasteiger partial charge is 0.481 e. The molecule has 5 aliphatic carbocycles. The molecule has 0 heterocycles. The Morgan fingerprint density at radius 3 is 2.18 bits per heavy atom. The lowest BCUT2D eigenvalue weighted by Crippen LogP contribution is -2.67. The molecule has 4 fully saturated rings. The van der Waals surface area contributed by atoms with Gasteiger partial charge in [-0.1, -0.05) is 46.3 Å². The van der Waals surface area contributed by atoms with Crippen LogP contribution in [-0.4, -0.2) is 28.6 Å². The number of aldehydes is 1. The lowest BCUT2D eigenvalue weighted by molar-refractivity contribution is -0.225. The van der Waals surface area contributed by atoms with Crippen molar-refractivity contribution in [1.82, 2.24) is 0 Å². The number of carboxylic acids is 1. The van der Waals surface area contributed by atoms with E-state index in [2.05, 4.69) is 40.7 Å². The molecule has 0 bridgehead atoms. The normalized spacial score (nSPS) is 53.9. The highest BCUT2D eigenvalue weighted by molar-refractivity contribution is 5.77. The van der Waals surface area contributed by atoms with Crippen molar-refractivity contribution in [2.45, 2.75) is 112 Å². The van der Waals surface area contributed by atoms with E-state index in [1.807, 2.05) is 6.92 Å². The van der Waals surface area contributed by atoms with Gasteiger partial charge >= 0.3 is 5.97 Å². The summed E-state index contributed by atoms with van der Waals surface area (Å²) in [5.41, 5.74) is 0.289. The van der Waals surface area contributed by atoms with Crippen molar-refractivity contribution in [3.63, 3.8) is 0 Å². The fourth-order valence-electron chi connectivity index (χ4n) is 10.4. The highest BCUT2D eigenvalue weighted by Crippen LogP contribution is 2.76. The minimum Gasteiger partial charge on any atom is -0.481 e. The SMILES string of the molecule is CC1(C)[C@@H](O)CC[C@]2(C=O)[C@H]3CC[C@@H]4C5=C[C@@](C)(C(=O)O)CC[C@]5(C)CC[C@@]4(C)[C@]3(C)CC[C@@H]12. The molecule has 5 aliphatic rings. The molecule has 0 amide bonds. The number of aliphatic hydroxyl groups excluding tert-OH is 1. The maximum absolute atomic E-state index is 13.1. The van der Waals surface area contributed by atoms with Gasteiger partial charge in [0.1, 0.15) is 6.29 Å². The minimum absolute atomic E-state index is 0.0466. The molecule has 0 radical (unpaired) electrons. The number of aliphatic hydroxyl groups is 1. The van der Waals surface area contributed by atoms with Gasteiger partial charge in [0.25, 0.3) is 0 Å². The molecule has 5 rings (SSSR count). The van der Waals surface area contributed by atoms with Crippen LogP contribution in [0.4, 0.5) is 0 Å². The molecular formula is C30H46O4. The van der Waals surface area contributed by atoms with Gasteiger partial charge in [-0.05, 0) is 111 Å². The molecule has 4 nitrogen and oxygen atoms in total. The fourth-order valence-corrected chi connectivity index (χ4v) is 10.4. The van der Waals surface area contributed by atoms with Crippen LogP contribution in [0.1, 0.15) is 106 Å². The molecular weight excluding hydrogens is 424 g/mol. The summed E-state index contributed by atoms with van der Waals surface area (Å²) in [5.74, 6) is 0.271. The zero-order valence-corrected chi connectivity index (χ0v) is 22.2. The van der Waals surface area contributed by atoms with Gasteiger partial charge in [0, 0.05) is 5.41 Å². The maximum Gasteiger partial charge on any atom is 0.313 e. The molecule has 34 heavy (non-hydrogen) atoms. The Morgan fingerprint density at radius 2 is 1.53 bits per heavy atom. The Labute approximate surface area is 206 Å². The van der Waals surface area contributed by atoms with Crippen molar-refractivity contribution in [2.24, 2.45) is 50.2 Å². The summed E-state index contributed by atoms with van der Waals surface area (Å²) in [7, 11) is 0. The second kappa shape index (κ2) is 7.20. The Balaban J connectivity index is 1.59. The number of carbonyl (C=O) groups excluding carboxylic acids is 1. The molecule has 2 N–H and O–H groups in total. The van der Waals surface area contributed by atoms with Crippen molar-refractivity contribution in [3.8, 4) is 0 Å². The average molecular weight is 471 g/mol. The van der Waals surface area contributed by atoms with Crippen LogP contribution in [0.15, 0.2) is 11.6 Å². The number of carboxylic acid groups (broad SMARTS) is 1. The van der Waals surface area contributed by atoms with E-state index in [0.29, 0.717) is 11.8 Å². The Morgan fingerprint density at radius 1 is 0.853 bits per heavy atom. The topological polar surface area (TPSA) is 74.6 Å². The van der Waals surface area contributed by atoms with Gasteiger partial charge in [0.2, 0.25) is 0 Å². The molecule has 4 heteroatoms. The van der Waals surface area contributed by atoms with Crippen LogP contribution in [0.5, 0.6) is 0 Å². The van der Waals surface area contributed by atoms with E-state index < -0.39 is 11.4 Å². The molecule has 0 saturated heterocycles. The summed E-state index contributed by atoms with van der Waals surface area (Å²) in [4.78, 5) is 25.3. The third kappa shape index (κ3) is 2.81. The van der Waals surface area contributed by atoms with Gasteiger partial charge in [-0.25, -0.2) is 0 Å². The molecule has 0 aliphatic heterocycles. The summed E-state index contributed by atoms with van der Waals surface area (Å²) >= 11 is 0. The number of rotatable bonds is 2. The number of allylic oxidation sites excluding steroid dienone is 1. The first-order chi connectivity index (χ1) is 15.7. The minimum atomic E-state index is -0.768. The predicted octanol–water partition coefficient (Wildman–Crippen LogP) is 6.41. The smallest absolute Gasteiger partial charge is 0.313 e. The van der Waals surface area contributed by atoms with E-state index in [0.717, 1.165) is 64.2 Å². The summed E-state index contributed by atoms with van der Waals surface area (Å²) < 4.78 is 0. The van der Waals surface area contributed by atoms with E-state index >= 15 is 0 Å². The highest BCUT2D eigenvalue weighted by atomic mass is 16.4. The molecule has 9 atom stereocenters. The van der Waals surface area contributed by atoms with Gasteiger partial charge in [0.15, 0.2) is 0 Å². The Kier molecular flexibility index (Phi) is 5.20. The van der Waals surface area contributed by atoms with Crippen molar-refractivity contribution in [1.29, 1.82) is 0 Å². The molecule has 0 aromatic rings. The first kappa shape index (κ1) is 24.5. The van der Waals surface area contributed by atoms with E-state index in [9.17, 15) is 19.8 Å². The van der Waals surface area contributed by atoms with Gasteiger partial charge < -0.3 is 15.0 Å². The molecule has 190 valence electrons.